The molecule has 5 heteroatoms. The Hall–Kier alpha value is -0.940. The summed E-state index contributed by atoms with van der Waals surface area (Å²) in [6, 6.07) is 3.60. The van der Waals surface area contributed by atoms with Gasteiger partial charge in [-0.15, -0.1) is 0 Å². The molecular formula is C9H9BrN2O2. The summed E-state index contributed by atoms with van der Waals surface area (Å²) < 4.78 is 0.766. The molecule has 0 bridgehead atoms. The molecule has 1 fully saturated rings. The van der Waals surface area contributed by atoms with E-state index in [2.05, 4.69) is 20.9 Å². The molecule has 2 heterocycles. The summed E-state index contributed by atoms with van der Waals surface area (Å²) in [5, 5.41) is 9.32. The van der Waals surface area contributed by atoms with E-state index >= 15 is 0 Å². The second kappa shape index (κ2) is 3.67. The summed E-state index contributed by atoms with van der Waals surface area (Å²) in [6.07, 6.45) is 1.23. The van der Waals surface area contributed by atoms with Gasteiger partial charge in [0.25, 0.3) is 0 Å². The lowest BCUT2D eigenvalue weighted by Gasteiger charge is -2.15. The maximum absolute atomic E-state index is 11.4. The van der Waals surface area contributed by atoms with Crippen molar-refractivity contribution in [3.63, 3.8) is 0 Å². The zero-order valence-corrected chi connectivity index (χ0v) is 8.94. The highest BCUT2D eigenvalue weighted by atomic mass is 79.9. The standard InChI is InChI=1S/C9H9BrN2O2/c10-7-2-1-3-11-9(7)12-5-6(13)4-8(12)14/h1-3,6,13H,4-5H2. The van der Waals surface area contributed by atoms with Crippen LogP contribution in [0.2, 0.25) is 0 Å². The van der Waals surface area contributed by atoms with Crippen LogP contribution in [0.4, 0.5) is 5.82 Å². The van der Waals surface area contributed by atoms with Gasteiger partial charge in [0.05, 0.1) is 23.5 Å². The molecule has 1 aromatic heterocycles. The van der Waals surface area contributed by atoms with Gasteiger partial charge < -0.3 is 5.11 Å². The van der Waals surface area contributed by atoms with Crippen LogP contribution in [0.25, 0.3) is 0 Å². The number of aliphatic hydroxyl groups excluding tert-OH is 1. The number of halogens is 1. The molecular weight excluding hydrogens is 248 g/mol. The Morgan fingerprint density at radius 3 is 3.00 bits per heavy atom. The van der Waals surface area contributed by atoms with Crippen LogP contribution in [-0.2, 0) is 4.79 Å². The maximum Gasteiger partial charge on any atom is 0.230 e. The third kappa shape index (κ3) is 1.65. The smallest absolute Gasteiger partial charge is 0.230 e. The Balaban J connectivity index is 2.32. The van der Waals surface area contributed by atoms with Gasteiger partial charge >= 0.3 is 0 Å². The lowest BCUT2D eigenvalue weighted by molar-refractivity contribution is -0.117. The number of β-amino-alcohol motifs (C(OH)–C–C–N with tert-alkyl or cyclic N) is 1. The van der Waals surface area contributed by atoms with E-state index in [-0.39, 0.29) is 12.3 Å². The van der Waals surface area contributed by atoms with Gasteiger partial charge in [0, 0.05) is 6.20 Å². The van der Waals surface area contributed by atoms with Crippen molar-refractivity contribution in [3.05, 3.63) is 22.8 Å². The third-order valence-corrected chi connectivity index (χ3v) is 2.72. The molecule has 1 aromatic rings. The molecule has 1 saturated heterocycles. The number of carbonyl (C=O) groups is 1. The average molecular weight is 257 g/mol. The van der Waals surface area contributed by atoms with Gasteiger partial charge in [-0.05, 0) is 28.1 Å². The molecule has 0 aromatic carbocycles. The van der Waals surface area contributed by atoms with E-state index in [0.29, 0.717) is 12.4 Å². The highest BCUT2D eigenvalue weighted by Crippen LogP contribution is 2.26. The number of amides is 1. The summed E-state index contributed by atoms with van der Waals surface area (Å²) in [6.45, 7) is 0.328. The van der Waals surface area contributed by atoms with E-state index in [0.717, 1.165) is 4.47 Å². The minimum atomic E-state index is -0.573. The number of hydrogen-bond acceptors (Lipinski definition) is 3. The zero-order valence-electron chi connectivity index (χ0n) is 7.35. The van der Waals surface area contributed by atoms with Crippen LogP contribution < -0.4 is 4.90 Å². The van der Waals surface area contributed by atoms with Crippen molar-refractivity contribution >= 4 is 27.7 Å². The molecule has 0 spiro atoms. The number of carbonyl (C=O) groups excluding carboxylic acids is 1. The maximum atomic E-state index is 11.4. The summed E-state index contributed by atoms with van der Waals surface area (Å²) in [4.78, 5) is 17.0. The molecule has 0 aliphatic carbocycles. The largest absolute Gasteiger partial charge is 0.391 e. The molecule has 1 unspecified atom stereocenters. The molecule has 14 heavy (non-hydrogen) atoms. The van der Waals surface area contributed by atoms with E-state index in [1.54, 1.807) is 12.3 Å². The first-order valence-electron chi connectivity index (χ1n) is 4.27. The molecule has 1 N–H and O–H groups in total. The number of aromatic nitrogens is 1. The van der Waals surface area contributed by atoms with Crippen molar-refractivity contribution in [1.82, 2.24) is 4.98 Å². The number of hydrogen-bond donors (Lipinski definition) is 1. The van der Waals surface area contributed by atoms with E-state index in [1.807, 2.05) is 6.07 Å². The van der Waals surface area contributed by atoms with Crippen LogP contribution in [0.15, 0.2) is 22.8 Å². The van der Waals surface area contributed by atoms with E-state index in [9.17, 15) is 9.90 Å². The monoisotopic (exact) mass is 256 g/mol. The van der Waals surface area contributed by atoms with Crippen molar-refractivity contribution in [1.29, 1.82) is 0 Å². The fourth-order valence-corrected chi connectivity index (χ4v) is 1.94. The van der Waals surface area contributed by atoms with Crippen molar-refractivity contribution in [2.24, 2.45) is 0 Å². The first-order chi connectivity index (χ1) is 6.68. The van der Waals surface area contributed by atoms with Gasteiger partial charge in [0.2, 0.25) is 5.91 Å². The first-order valence-corrected chi connectivity index (χ1v) is 5.06. The normalized spacial score (nSPS) is 21.7. The van der Waals surface area contributed by atoms with Gasteiger partial charge in [-0.1, -0.05) is 0 Å². The number of aliphatic hydroxyl groups is 1. The molecule has 0 radical (unpaired) electrons. The molecule has 74 valence electrons. The third-order valence-electron chi connectivity index (χ3n) is 2.10. The molecule has 0 saturated carbocycles. The Morgan fingerprint density at radius 2 is 2.43 bits per heavy atom. The van der Waals surface area contributed by atoms with Gasteiger partial charge in [-0.25, -0.2) is 4.98 Å². The minimum absolute atomic E-state index is 0.0862. The number of anilines is 1. The Bertz CT molecular complexity index is 370. The van der Waals surface area contributed by atoms with Crippen LogP contribution in [0, 0.1) is 0 Å². The molecule has 1 amide bonds. The van der Waals surface area contributed by atoms with E-state index in [4.69, 9.17) is 0 Å². The van der Waals surface area contributed by atoms with Gasteiger partial charge in [0.15, 0.2) is 0 Å². The second-order valence-electron chi connectivity index (χ2n) is 3.17. The second-order valence-corrected chi connectivity index (χ2v) is 4.03. The van der Waals surface area contributed by atoms with Crippen LogP contribution in [0.3, 0.4) is 0 Å². The fraction of sp³-hybridized carbons (Fsp3) is 0.333. The average Bonchev–Trinajstić information content (AvgIpc) is 2.46. The minimum Gasteiger partial charge on any atom is -0.391 e. The lowest BCUT2D eigenvalue weighted by atomic mass is 10.3. The molecule has 1 aliphatic heterocycles. The van der Waals surface area contributed by atoms with Gasteiger partial charge in [0.1, 0.15) is 5.82 Å². The van der Waals surface area contributed by atoms with Crippen molar-refractivity contribution < 1.29 is 9.90 Å². The van der Waals surface area contributed by atoms with Crippen LogP contribution in [0.1, 0.15) is 6.42 Å². The summed E-state index contributed by atoms with van der Waals surface area (Å²) in [5.41, 5.74) is 0. The molecule has 2 rings (SSSR count). The SMILES string of the molecule is O=C1CC(O)CN1c1ncccc1Br. The Kier molecular flexibility index (Phi) is 2.52. The summed E-state index contributed by atoms with van der Waals surface area (Å²) in [5.74, 6) is 0.492. The molecule has 1 atom stereocenters. The number of nitrogens with zero attached hydrogens (tertiary/aromatic N) is 2. The van der Waals surface area contributed by atoms with Crippen molar-refractivity contribution in [2.75, 3.05) is 11.4 Å². The highest BCUT2D eigenvalue weighted by Gasteiger charge is 2.30. The van der Waals surface area contributed by atoms with Crippen LogP contribution in [0.5, 0.6) is 0 Å². The molecule has 1 aliphatic rings. The summed E-state index contributed by atoms with van der Waals surface area (Å²) >= 11 is 3.32. The van der Waals surface area contributed by atoms with Crippen LogP contribution in [-0.4, -0.2) is 28.6 Å². The van der Waals surface area contributed by atoms with Gasteiger partial charge in [-0.2, -0.15) is 0 Å². The fourth-order valence-electron chi connectivity index (χ4n) is 1.47. The summed E-state index contributed by atoms with van der Waals surface area (Å²) in [7, 11) is 0. The van der Waals surface area contributed by atoms with Crippen molar-refractivity contribution in [2.45, 2.75) is 12.5 Å². The number of rotatable bonds is 1. The highest BCUT2D eigenvalue weighted by molar-refractivity contribution is 9.10. The number of pyridine rings is 1. The zero-order chi connectivity index (χ0) is 10.1. The van der Waals surface area contributed by atoms with E-state index in [1.165, 1.54) is 4.90 Å². The van der Waals surface area contributed by atoms with Crippen molar-refractivity contribution in [3.8, 4) is 0 Å². The predicted octanol–water partition coefficient (Wildman–Crippen LogP) is 0.942. The lowest BCUT2D eigenvalue weighted by Crippen LogP contribution is -2.26. The molecule has 4 nitrogen and oxygen atoms in total. The Morgan fingerprint density at radius 1 is 1.64 bits per heavy atom. The van der Waals surface area contributed by atoms with Gasteiger partial charge in [-0.3, -0.25) is 9.69 Å². The quantitative estimate of drug-likeness (QED) is 0.814. The topological polar surface area (TPSA) is 53.4 Å². The van der Waals surface area contributed by atoms with Crippen LogP contribution >= 0.6 is 15.9 Å². The first kappa shape index (κ1) is 9.61. The Labute approximate surface area is 89.7 Å². The predicted molar refractivity (Wildman–Crippen MR) is 54.9 cm³/mol. The van der Waals surface area contributed by atoms with E-state index < -0.39 is 6.10 Å².